The maximum atomic E-state index is 13.1. The second-order valence-corrected chi connectivity index (χ2v) is 8.80. The lowest BCUT2D eigenvalue weighted by atomic mass is 9.91. The molecule has 0 saturated carbocycles. The van der Waals surface area contributed by atoms with E-state index in [0.717, 1.165) is 17.2 Å². The third-order valence-corrected chi connectivity index (χ3v) is 5.58. The molecular weight excluding hydrogens is 393 g/mol. The number of benzene rings is 1. The Morgan fingerprint density at radius 3 is 2.41 bits per heavy atom. The van der Waals surface area contributed by atoms with Gasteiger partial charge in [-0.3, -0.25) is 9.59 Å². The summed E-state index contributed by atoms with van der Waals surface area (Å²) in [5.41, 5.74) is 1.36. The molecule has 2 aromatic rings. The standard InChI is InChI=1S/C20H26FN5O2S/c1-20(2,3)18-17(29-24-23-18)19(28)22-9-8-16(27)26-12-10-25(11-13-26)15-6-4-14(21)5-7-15/h4-7H,8-13H2,1-3H3,(H,22,28). The molecule has 0 aliphatic carbocycles. The number of nitrogens with zero attached hydrogens (tertiary/aromatic N) is 4. The van der Waals surface area contributed by atoms with E-state index in [1.165, 1.54) is 12.1 Å². The second-order valence-electron chi connectivity index (χ2n) is 8.05. The molecule has 9 heteroatoms. The molecule has 0 atom stereocenters. The summed E-state index contributed by atoms with van der Waals surface area (Å²) < 4.78 is 17.0. The molecule has 1 aromatic heterocycles. The normalized spacial score (nSPS) is 14.8. The van der Waals surface area contributed by atoms with E-state index in [0.29, 0.717) is 36.8 Å². The minimum atomic E-state index is -0.264. The van der Waals surface area contributed by atoms with E-state index in [1.807, 2.05) is 20.8 Å². The number of nitrogens with one attached hydrogen (secondary N) is 1. The average molecular weight is 420 g/mol. The van der Waals surface area contributed by atoms with Crippen LogP contribution in [0.4, 0.5) is 10.1 Å². The van der Waals surface area contributed by atoms with Crippen molar-refractivity contribution >= 4 is 29.0 Å². The van der Waals surface area contributed by atoms with Crippen LogP contribution in [0, 0.1) is 5.82 Å². The van der Waals surface area contributed by atoms with Crippen molar-refractivity contribution in [2.24, 2.45) is 0 Å². The average Bonchev–Trinajstić information content (AvgIpc) is 3.19. The Morgan fingerprint density at radius 1 is 1.14 bits per heavy atom. The molecule has 156 valence electrons. The first-order valence-corrected chi connectivity index (χ1v) is 10.4. The summed E-state index contributed by atoms with van der Waals surface area (Å²) in [6.07, 6.45) is 0.249. The number of hydrogen-bond donors (Lipinski definition) is 1. The van der Waals surface area contributed by atoms with Gasteiger partial charge in [0.2, 0.25) is 5.91 Å². The van der Waals surface area contributed by atoms with Gasteiger partial charge in [-0.05, 0) is 35.8 Å². The van der Waals surface area contributed by atoms with Gasteiger partial charge in [-0.2, -0.15) is 0 Å². The highest BCUT2D eigenvalue weighted by Gasteiger charge is 2.26. The number of rotatable bonds is 5. The van der Waals surface area contributed by atoms with Gasteiger partial charge in [-0.15, -0.1) is 5.10 Å². The quantitative estimate of drug-likeness (QED) is 0.805. The van der Waals surface area contributed by atoms with Crippen LogP contribution in [0.15, 0.2) is 24.3 Å². The lowest BCUT2D eigenvalue weighted by molar-refractivity contribution is -0.131. The smallest absolute Gasteiger partial charge is 0.264 e. The molecule has 7 nitrogen and oxygen atoms in total. The van der Waals surface area contributed by atoms with Crippen molar-refractivity contribution in [3.8, 4) is 0 Å². The molecule has 3 rings (SSSR count). The zero-order valence-corrected chi connectivity index (χ0v) is 17.8. The summed E-state index contributed by atoms with van der Waals surface area (Å²) in [6.45, 7) is 8.84. The highest BCUT2D eigenvalue weighted by atomic mass is 32.1. The van der Waals surface area contributed by atoms with Gasteiger partial charge in [0.1, 0.15) is 10.7 Å². The molecule has 0 spiro atoms. The third-order valence-electron chi connectivity index (χ3n) is 4.85. The Hall–Kier alpha value is -2.55. The first-order valence-electron chi connectivity index (χ1n) is 9.65. The number of hydrogen-bond acceptors (Lipinski definition) is 6. The van der Waals surface area contributed by atoms with E-state index < -0.39 is 0 Å². The van der Waals surface area contributed by atoms with Crippen LogP contribution in [-0.4, -0.2) is 59.0 Å². The summed E-state index contributed by atoms with van der Waals surface area (Å²) in [5, 5.41) is 6.87. The molecular formula is C20H26FN5O2S. The number of carbonyl (C=O) groups is 2. The predicted octanol–water partition coefficient (Wildman–Crippen LogP) is 2.44. The van der Waals surface area contributed by atoms with Gasteiger partial charge >= 0.3 is 0 Å². The fourth-order valence-electron chi connectivity index (χ4n) is 3.22. The zero-order valence-electron chi connectivity index (χ0n) is 16.9. The van der Waals surface area contributed by atoms with Gasteiger partial charge in [0.05, 0.1) is 5.69 Å². The number of anilines is 1. The third kappa shape index (κ3) is 5.29. The molecule has 1 N–H and O–H groups in total. The highest BCUT2D eigenvalue weighted by Crippen LogP contribution is 2.25. The van der Waals surface area contributed by atoms with E-state index in [4.69, 9.17) is 0 Å². The van der Waals surface area contributed by atoms with Crippen molar-refractivity contribution in [3.63, 3.8) is 0 Å². The molecule has 1 aliphatic rings. The number of piperazine rings is 1. The number of aromatic nitrogens is 2. The maximum Gasteiger partial charge on any atom is 0.264 e. The van der Waals surface area contributed by atoms with Crippen molar-refractivity contribution in [1.29, 1.82) is 0 Å². The number of halogens is 1. The Morgan fingerprint density at radius 2 is 1.79 bits per heavy atom. The topological polar surface area (TPSA) is 78.4 Å². The molecule has 0 radical (unpaired) electrons. The number of carbonyl (C=O) groups excluding carboxylic acids is 2. The molecule has 1 saturated heterocycles. The minimum Gasteiger partial charge on any atom is -0.368 e. The van der Waals surface area contributed by atoms with Crippen LogP contribution < -0.4 is 10.2 Å². The molecule has 1 aromatic carbocycles. The molecule has 2 heterocycles. The second kappa shape index (κ2) is 8.86. The molecule has 0 unspecified atom stereocenters. The van der Waals surface area contributed by atoms with Crippen molar-refractivity contribution in [2.75, 3.05) is 37.6 Å². The summed E-state index contributed by atoms with van der Waals surface area (Å²) in [7, 11) is 0. The van der Waals surface area contributed by atoms with Crippen LogP contribution in [0.1, 0.15) is 42.6 Å². The first-order chi connectivity index (χ1) is 13.8. The fourth-order valence-corrected chi connectivity index (χ4v) is 4.01. The fraction of sp³-hybridized carbons (Fsp3) is 0.500. The number of amides is 2. The van der Waals surface area contributed by atoms with E-state index in [9.17, 15) is 14.0 Å². The van der Waals surface area contributed by atoms with Gasteiger partial charge in [0, 0.05) is 50.2 Å². The molecule has 2 amide bonds. The van der Waals surface area contributed by atoms with Crippen molar-refractivity contribution in [2.45, 2.75) is 32.6 Å². The molecule has 0 bridgehead atoms. The van der Waals surface area contributed by atoms with E-state index in [-0.39, 0.29) is 36.0 Å². The van der Waals surface area contributed by atoms with Crippen LogP contribution >= 0.6 is 11.5 Å². The van der Waals surface area contributed by atoms with E-state index in [2.05, 4.69) is 19.8 Å². The van der Waals surface area contributed by atoms with Gasteiger partial charge in [0.25, 0.3) is 5.91 Å². The predicted molar refractivity (Wildman–Crippen MR) is 111 cm³/mol. The first kappa shape index (κ1) is 21.2. The Bertz CT molecular complexity index is 855. The summed E-state index contributed by atoms with van der Waals surface area (Å²) >= 11 is 1.07. The molecule has 1 aliphatic heterocycles. The van der Waals surface area contributed by atoms with Crippen LogP contribution in [0.5, 0.6) is 0 Å². The van der Waals surface area contributed by atoms with Crippen molar-refractivity contribution in [3.05, 3.63) is 40.7 Å². The minimum absolute atomic E-state index is 0.0162. The highest BCUT2D eigenvalue weighted by molar-refractivity contribution is 7.08. The zero-order chi connectivity index (χ0) is 21.0. The lowest BCUT2D eigenvalue weighted by Crippen LogP contribution is -2.49. The Labute approximate surface area is 174 Å². The van der Waals surface area contributed by atoms with E-state index >= 15 is 0 Å². The monoisotopic (exact) mass is 419 g/mol. The maximum absolute atomic E-state index is 13.1. The Kier molecular flexibility index (Phi) is 6.46. The van der Waals surface area contributed by atoms with Crippen molar-refractivity contribution < 1.29 is 14.0 Å². The van der Waals surface area contributed by atoms with Crippen LogP contribution in [-0.2, 0) is 10.2 Å². The SMILES string of the molecule is CC(C)(C)c1nnsc1C(=O)NCCC(=O)N1CCN(c2ccc(F)cc2)CC1. The summed E-state index contributed by atoms with van der Waals surface area (Å²) in [6, 6.07) is 6.39. The molecule has 29 heavy (non-hydrogen) atoms. The van der Waals surface area contributed by atoms with Crippen molar-refractivity contribution in [1.82, 2.24) is 19.8 Å². The Balaban J connectivity index is 1.44. The van der Waals surface area contributed by atoms with Crippen LogP contribution in [0.3, 0.4) is 0 Å². The van der Waals surface area contributed by atoms with E-state index in [1.54, 1.807) is 17.0 Å². The summed E-state index contributed by atoms with van der Waals surface area (Å²) in [5.74, 6) is -0.477. The van der Waals surface area contributed by atoms with Gasteiger partial charge in [-0.1, -0.05) is 25.3 Å². The van der Waals surface area contributed by atoms with Gasteiger partial charge in [0.15, 0.2) is 0 Å². The van der Waals surface area contributed by atoms with Gasteiger partial charge < -0.3 is 15.1 Å². The largest absolute Gasteiger partial charge is 0.368 e. The molecule has 1 fully saturated rings. The lowest BCUT2D eigenvalue weighted by Gasteiger charge is -2.36. The van der Waals surface area contributed by atoms with Crippen LogP contribution in [0.2, 0.25) is 0 Å². The van der Waals surface area contributed by atoms with Crippen LogP contribution in [0.25, 0.3) is 0 Å². The van der Waals surface area contributed by atoms with Gasteiger partial charge in [-0.25, -0.2) is 4.39 Å². The summed E-state index contributed by atoms with van der Waals surface area (Å²) in [4.78, 5) is 29.3.